The van der Waals surface area contributed by atoms with Crippen LogP contribution in [0.25, 0.3) is 26.4 Å². The summed E-state index contributed by atoms with van der Waals surface area (Å²) in [6.45, 7) is 11.1. The van der Waals surface area contributed by atoms with Crippen molar-refractivity contribution in [3.63, 3.8) is 0 Å². The second kappa shape index (κ2) is 12.9. The van der Waals surface area contributed by atoms with Crippen LogP contribution in [-0.2, 0) is 10.2 Å². The Labute approximate surface area is 260 Å². The number of nitrogens with zero attached hydrogens (tertiary/aromatic N) is 5. The van der Waals surface area contributed by atoms with Crippen LogP contribution in [0.2, 0.25) is 0 Å². The molecule has 10 nitrogen and oxygen atoms in total. The first-order valence-corrected chi connectivity index (χ1v) is 14.1. The van der Waals surface area contributed by atoms with E-state index in [-0.39, 0.29) is 30.2 Å². The topological polar surface area (TPSA) is 111 Å². The molecule has 0 atom stereocenters. The Morgan fingerprint density at radius 1 is 1.10 bits per heavy atom. The average molecular weight is 634 g/mol. The molecule has 0 aliphatic carbocycles. The summed E-state index contributed by atoms with van der Waals surface area (Å²) in [5.41, 5.74) is 8.91. The number of primary amides is 1. The van der Waals surface area contributed by atoms with Crippen molar-refractivity contribution >= 4 is 68.9 Å². The number of halogens is 2. The minimum atomic E-state index is -0.639. The lowest BCUT2D eigenvalue weighted by molar-refractivity contribution is 0.0322. The monoisotopic (exact) mass is 632 g/mol. The molecule has 42 heavy (non-hydrogen) atoms. The smallest absolute Gasteiger partial charge is 0.325 e. The SMILES string of the molecule is CC(C)(C)c1cc(N(C(N)=O)c2ccc(-c3cn4c(n3)sc3cc(OCCN5CCOCC5)ccc34)cc2)no1.Cl.Cl. The van der Waals surface area contributed by atoms with Crippen molar-refractivity contribution in [2.24, 2.45) is 5.73 Å². The number of hydrogen-bond donors (Lipinski definition) is 1. The predicted molar refractivity (Wildman–Crippen MR) is 170 cm³/mol. The Bertz CT molecular complexity index is 1650. The Balaban J connectivity index is 0.00000202. The van der Waals surface area contributed by atoms with Crippen molar-refractivity contribution in [2.75, 3.05) is 44.4 Å². The van der Waals surface area contributed by atoms with Crippen LogP contribution < -0.4 is 15.4 Å². The predicted octanol–water partition coefficient (Wildman–Crippen LogP) is 6.27. The van der Waals surface area contributed by atoms with Gasteiger partial charge in [-0.1, -0.05) is 49.4 Å². The van der Waals surface area contributed by atoms with E-state index in [4.69, 9.17) is 24.7 Å². The number of anilines is 2. The van der Waals surface area contributed by atoms with Crippen LogP contribution >= 0.6 is 36.2 Å². The van der Waals surface area contributed by atoms with Crippen molar-refractivity contribution in [3.05, 3.63) is 60.5 Å². The molecule has 2 aromatic carbocycles. The molecule has 1 aliphatic heterocycles. The number of benzene rings is 2. The van der Waals surface area contributed by atoms with Gasteiger partial charge in [-0.2, -0.15) is 0 Å². The first-order valence-electron chi connectivity index (χ1n) is 13.3. The Morgan fingerprint density at radius 3 is 2.50 bits per heavy atom. The van der Waals surface area contributed by atoms with E-state index in [1.54, 1.807) is 17.4 Å². The standard InChI is InChI=1S/C29H32N6O4S.2ClH/c1-29(2,3)25-17-26(32-39-25)35(27(30)36)20-6-4-19(5-7-20)22-18-34-23-9-8-21(16-24(23)40-28(34)31-22)38-15-12-33-10-13-37-14-11-33;;/h4-9,16-18H,10-15H2,1-3H3,(H2,30,36);2*1H. The number of amides is 2. The third-order valence-electron chi connectivity index (χ3n) is 6.95. The van der Waals surface area contributed by atoms with Gasteiger partial charge in [0.25, 0.3) is 0 Å². The van der Waals surface area contributed by atoms with Gasteiger partial charge in [0, 0.05) is 42.9 Å². The van der Waals surface area contributed by atoms with Gasteiger partial charge in [0.2, 0.25) is 0 Å². The van der Waals surface area contributed by atoms with E-state index >= 15 is 0 Å². The lowest BCUT2D eigenvalue weighted by atomic mass is 9.93. The molecule has 1 aliphatic rings. The number of ether oxygens (including phenoxy) is 2. The molecule has 5 aromatic rings. The molecule has 13 heteroatoms. The number of rotatable bonds is 7. The highest BCUT2D eigenvalue weighted by Gasteiger charge is 2.25. The molecular weight excluding hydrogens is 599 g/mol. The van der Waals surface area contributed by atoms with Gasteiger partial charge in [-0.15, -0.1) is 24.8 Å². The minimum Gasteiger partial charge on any atom is -0.492 e. The third kappa shape index (κ3) is 6.50. The normalized spacial score (nSPS) is 14.0. The number of urea groups is 1. The highest BCUT2D eigenvalue weighted by Crippen LogP contribution is 2.34. The summed E-state index contributed by atoms with van der Waals surface area (Å²) in [6, 6.07) is 14.8. The highest BCUT2D eigenvalue weighted by atomic mass is 35.5. The van der Waals surface area contributed by atoms with Crippen molar-refractivity contribution < 1.29 is 18.8 Å². The molecule has 4 heterocycles. The maximum atomic E-state index is 12.3. The fourth-order valence-corrected chi connectivity index (χ4v) is 5.74. The van der Waals surface area contributed by atoms with Gasteiger partial charge in [0.1, 0.15) is 18.1 Å². The van der Waals surface area contributed by atoms with E-state index in [0.29, 0.717) is 23.9 Å². The van der Waals surface area contributed by atoms with E-state index in [9.17, 15) is 4.79 Å². The molecule has 224 valence electrons. The number of imidazole rings is 1. The van der Waals surface area contributed by atoms with E-state index in [1.165, 1.54) is 4.90 Å². The first kappa shape index (κ1) is 31.6. The van der Waals surface area contributed by atoms with Crippen LogP contribution in [0, 0.1) is 0 Å². The van der Waals surface area contributed by atoms with E-state index in [1.807, 2.05) is 57.3 Å². The number of aromatic nitrogens is 3. The van der Waals surface area contributed by atoms with Crippen molar-refractivity contribution in [3.8, 4) is 17.0 Å². The molecule has 0 radical (unpaired) electrons. The van der Waals surface area contributed by atoms with Gasteiger partial charge in [0.05, 0.1) is 34.8 Å². The number of carbonyl (C=O) groups is 1. The molecule has 0 saturated carbocycles. The summed E-state index contributed by atoms with van der Waals surface area (Å²) in [7, 11) is 0. The first-order chi connectivity index (χ1) is 19.3. The number of nitrogens with two attached hydrogens (primary N) is 1. The van der Waals surface area contributed by atoms with Crippen molar-refractivity contribution in [1.82, 2.24) is 19.4 Å². The van der Waals surface area contributed by atoms with E-state index in [0.717, 1.165) is 65.0 Å². The van der Waals surface area contributed by atoms with Crippen LogP contribution in [0.5, 0.6) is 5.75 Å². The van der Waals surface area contributed by atoms with E-state index in [2.05, 4.69) is 26.6 Å². The highest BCUT2D eigenvalue weighted by molar-refractivity contribution is 7.23. The van der Waals surface area contributed by atoms with Gasteiger partial charge < -0.3 is 19.7 Å². The Kier molecular flexibility index (Phi) is 9.69. The average Bonchev–Trinajstić information content (AvgIpc) is 3.65. The van der Waals surface area contributed by atoms with Crippen LogP contribution in [0.1, 0.15) is 26.5 Å². The second-order valence-corrected chi connectivity index (χ2v) is 11.8. The number of thiazole rings is 1. The zero-order valence-electron chi connectivity index (χ0n) is 23.6. The van der Waals surface area contributed by atoms with Gasteiger partial charge >= 0.3 is 6.03 Å². The Morgan fingerprint density at radius 2 is 1.83 bits per heavy atom. The van der Waals surface area contributed by atoms with Gasteiger partial charge in [-0.25, -0.2) is 14.7 Å². The summed E-state index contributed by atoms with van der Waals surface area (Å²) >= 11 is 1.62. The second-order valence-electron chi connectivity index (χ2n) is 10.8. The largest absolute Gasteiger partial charge is 0.492 e. The zero-order chi connectivity index (χ0) is 27.9. The maximum Gasteiger partial charge on any atom is 0.325 e. The molecular formula is C29H34Cl2N6O4S. The summed E-state index contributed by atoms with van der Waals surface area (Å²) < 4.78 is 20.1. The summed E-state index contributed by atoms with van der Waals surface area (Å²) in [5, 5.41) is 4.08. The lowest BCUT2D eigenvalue weighted by Gasteiger charge is -2.26. The van der Waals surface area contributed by atoms with Crippen LogP contribution in [0.4, 0.5) is 16.3 Å². The number of morpholine rings is 1. The zero-order valence-corrected chi connectivity index (χ0v) is 26.1. The molecule has 0 unspecified atom stereocenters. The fourth-order valence-electron chi connectivity index (χ4n) is 4.71. The summed E-state index contributed by atoms with van der Waals surface area (Å²) in [4.78, 5) is 21.8. The quantitative estimate of drug-likeness (QED) is 0.225. The van der Waals surface area contributed by atoms with Gasteiger partial charge in [0.15, 0.2) is 10.8 Å². The fraction of sp³-hybridized carbons (Fsp3) is 0.345. The number of fused-ring (bicyclic) bond motifs is 3. The Hall–Kier alpha value is -3.35. The molecule has 1 fully saturated rings. The third-order valence-corrected chi connectivity index (χ3v) is 7.97. The van der Waals surface area contributed by atoms with Gasteiger partial charge in [-0.3, -0.25) is 9.30 Å². The molecule has 2 N–H and O–H groups in total. The molecule has 6 rings (SSSR count). The molecule has 2 amide bonds. The minimum absolute atomic E-state index is 0. The lowest BCUT2D eigenvalue weighted by Crippen LogP contribution is -2.38. The van der Waals surface area contributed by atoms with Gasteiger partial charge in [-0.05, 0) is 30.3 Å². The van der Waals surface area contributed by atoms with Crippen LogP contribution in [-0.4, -0.2) is 64.9 Å². The van der Waals surface area contributed by atoms with E-state index < -0.39 is 6.03 Å². The number of hydrogen-bond acceptors (Lipinski definition) is 8. The maximum absolute atomic E-state index is 12.3. The summed E-state index contributed by atoms with van der Waals surface area (Å²) in [6.07, 6.45) is 2.03. The number of carbonyl (C=O) groups excluding carboxylic acids is 1. The molecule has 0 spiro atoms. The van der Waals surface area contributed by atoms with Crippen LogP contribution in [0.15, 0.2) is 59.3 Å². The van der Waals surface area contributed by atoms with Crippen molar-refractivity contribution in [2.45, 2.75) is 26.2 Å². The summed E-state index contributed by atoms with van der Waals surface area (Å²) in [5.74, 6) is 1.88. The van der Waals surface area contributed by atoms with Crippen molar-refractivity contribution in [1.29, 1.82) is 0 Å². The molecule has 1 saturated heterocycles. The van der Waals surface area contributed by atoms with Crippen LogP contribution in [0.3, 0.4) is 0 Å². The molecule has 0 bridgehead atoms. The molecule has 3 aromatic heterocycles.